The fraction of sp³-hybridized carbons (Fsp3) is 0.533. The van der Waals surface area contributed by atoms with Crippen LogP contribution in [-0.2, 0) is 4.79 Å². The molecule has 0 aromatic heterocycles. The predicted octanol–water partition coefficient (Wildman–Crippen LogP) is 2.93. The van der Waals surface area contributed by atoms with Gasteiger partial charge in [-0.05, 0) is 50.8 Å². The summed E-state index contributed by atoms with van der Waals surface area (Å²) in [7, 11) is 1.98. The van der Waals surface area contributed by atoms with Gasteiger partial charge in [0, 0.05) is 12.5 Å². The van der Waals surface area contributed by atoms with E-state index in [9.17, 15) is 9.18 Å². The Balaban J connectivity index is 1.81. The number of rotatable bonds is 4. The third kappa shape index (κ3) is 4.03. The maximum Gasteiger partial charge on any atom is 0.224 e. The van der Waals surface area contributed by atoms with Crippen LogP contribution >= 0.6 is 0 Å². The van der Waals surface area contributed by atoms with Crippen molar-refractivity contribution in [2.75, 3.05) is 12.4 Å². The van der Waals surface area contributed by atoms with Crippen LogP contribution in [0.25, 0.3) is 0 Å². The molecule has 1 aliphatic rings. The third-order valence-corrected chi connectivity index (χ3v) is 3.88. The van der Waals surface area contributed by atoms with Crippen molar-refractivity contribution in [3.8, 4) is 0 Å². The van der Waals surface area contributed by atoms with Gasteiger partial charge in [-0.2, -0.15) is 0 Å². The molecule has 0 bridgehead atoms. The Bertz CT molecular complexity index is 428. The quantitative estimate of drug-likeness (QED) is 0.878. The molecule has 1 aliphatic carbocycles. The molecule has 0 atom stereocenters. The molecule has 1 aromatic carbocycles. The molecule has 1 fully saturated rings. The summed E-state index contributed by atoms with van der Waals surface area (Å²) in [6, 6.07) is 6.87. The van der Waals surface area contributed by atoms with Gasteiger partial charge in [-0.25, -0.2) is 4.39 Å². The topological polar surface area (TPSA) is 41.1 Å². The smallest absolute Gasteiger partial charge is 0.224 e. The van der Waals surface area contributed by atoms with E-state index >= 15 is 0 Å². The van der Waals surface area contributed by atoms with Gasteiger partial charge in [0.15, 0.2) is 0 Å². The Morgan fingerprint density at radius 2 is 1.95 bits per heavy atom. The van der Waals surface area contributed by atoms with Crippen molar-refractivity contribution in [3.63, 3.8) is 0 Å². The van der Waals surface area contributed by atoms with E-state index in [0.29, 0.717) is 18.4 Å². The first-order chi connectivity index (χ1) is 9.19. The van der Waals surface area contributed by atoms with Crippen molar-refractivity contribution in [3.05, 3.63) is 30.1 Å². The largest absolute Gasteiger partial charge is 0.324 e. The van der Waals surface area contributed by atoms with Crippen LogP contribution in [0.4, 0.5) is 10.1 Å². The minimum absolute atomic E-state index is 0.0852. The third-order valence-electron chi connectivity index (χ3n) is 3.88. The molecule has 3 nitrogen and oxygen atoms in total. The minimum Gasteiger partial charge on any atom is -0.324 e. The van der Waals surface area contributed by atoms with Crippen LogP contribution in [0.2, 0.25) is 0 Å². The minimum atomic E-state index is -0.380. The van der Waals surface area contributed by atoms with E-state index in [-0.39, 0.29) is 17.4 Å². The number of amides is 1. The first-order valence-electron chi connectivity index (χ1n) is 6.90. The lowest BCUT2D eigenvalue weighted by Crippen LogP contribution is -2.31. The van der Waals surface area contributed by atoms with Crippen LogP contribution in [0.5, 0.6) is 0 Å². The number of anilines is 1. The van der Waals surface area contributed by atoms with Gasteiger partial charge in [-0.3, -0.25) is 4.79 Å². The second-order valence-electron chi connectivity index (χ2n) is 5.24. The van der Waals surface area contributed by atoms with Crippen molar-refractivity contribution in [2.45, 2.75) is 38.1 Å². The molecule has 0 spiro atoms. The van der Waals surface area contributed by atoms with E-state index in [1.807, 2.05) is 7.05 Å². The van der Waals surface area contributed by atoms with Gasteiger partial charge in [0.05, 0.1) is 5.69 Å². The Hall–Kier alpha value is -1.42. The van der Waals surface area contributed by atoms with E-state index in [0.717, 1.165) is 25.7 Å². The normalized spacial score (nSPS) is 23.1. The van der Waals surface area contributed by atoms with Gasteiger partial charge in [0.1, 0.15) is 5.82 Å². The molecule has 1 aromatic rings. The zero-order valence-electron chi connectivity index (χ0n) is 11.3. The van der Waals surface area contributed by atoms with Crippen LogP contribution in [0.3, 0.4) is 0 Å². The fourth-order valence-electron chi connectivity index (χ4n) is 2.68. The lowest BCUT2D eigenvalue weighted by molar-refractivity contribution is -0.117. The van der Waals surface area contributed by atoms with Crippen molar-refractivity contribution >= 4 is 11.6 Å². The molecule has 1 saturated carbocycles. The summed E-state index contributed by atoms with van der Waals surface area (Å²) in [5.41, 5.74) is 0.274. The number of carbonyl (C=O) groups excluding carboxylic acids is 1. The number of para-hydroxylation sites is 1. The van der Waals surface area contributed by atoms with Gasteiger partial charge in [0.25, 0.3) is 0 Å². The molecule has 4 heteroatoms. The highest BCUT2D eigenvalue weighted by Crippen LogP contribution is 2.27. The summed E-state index contributed by atoms with van der Waals surface area (Å²) in [6.45, 7) is 0. The van der Waals surface area contributed by atoms with E-state index in [1.165, 1.54) is 6.07 Å². The van der Waals surface area contributed by atoms with Gasteiger partial charge in [0.2, 0.25) is 5.91 Å². The Kier molecular flexibility index (Phi) is 4.91. The first-order valence-corrected chi connectivity index (χ1v) is 6.90. The maximum absolute atomic E-state index is 13.4. The lowest BCUT2D eigenvalue weighted by Gasteiger charge is -2.27. The Morgan fingerprint density at radius 1 is 1.26 bits per heavy atom. The highest BCUT2D eigenvalue weighted by molar-refractivity contribution is 5.90. The van der Waals surface area contributed by atoms with Gasteiger partial charge >= 0.3 is 0 Å². The molecule has 0 unspecified atom stereocenters. The van der Waals surface area contributed by atoms with Crippen LogP contribution in [0.15, 0.2) is 24.3 Å². The van der Waals surface area contributed by atoms with Gasteiger partial charge in [-0.15, -0.1) is 0 Å². The van der Waals surface area contributed by atoms with E-state index in [2.05, 4.69) is 10.6 Å². The number of hydrogen-bond donors (Lipinski definition) is 2. The summed E-state index contributed by atoms with van der Waals surface area (Å²) >= 11 is 0. The number of carbonyl (C=O) groups is 1. The van der Waals surface area contributed by atoms with Crippen LogP contribution in [0.1, 0.15) is 32.1 Å². The molecule has 0 radical (unpaired) electrons. The van der Waals surface area contributed by atoms with Crippen LogP contribution in [-0.4, -0.2) is 19.0 Å². The Morgan fingerprint density at radius 3 is 2.58 bits per heavy atom. The highest BCUT2D eigenvalue weighted by atomic mass is 19.1. The number of halogens is 1. The summed E-state index contributed by atoms with van der Waals surface area (Å²) in [5, 5.41) is 5.93. The number of benzene rings is 1. The molecule has 0 aliphatic heterocycles. The van der Waals surface area contributed by atoms with Crippen molar-refractivity contribution in [2.24, 2.45) is 5.92 Å². The number of hydrogen-bond acceptors (Lipinski definition) is 2. The highest BCUT2D eigenvalue weighted by Gasteiger charge is 2.22. The summed E-state index contributed by atoms with van der Waals surface area (Å²) in [4.78, 5) is 11.9. The molecular formula is C15H21FN2O. The SMILES string of the molecule is CNC1CCC(CC(=O)Nc2ccccc2F)CC1. The molecule has 104 valence electrons. The molecular weight excluding hydrogens is 243 g/mol. The van der Waals surface area contributed by atoms with Gasteiger partial charge < -0.3 is 10.6 Å². The summed E-state index contributed by atoms with van der Waals surface area (Å²) < 4.78 is 13.4. The fourth-order valence-corrected chi connectivity index (χ4v) is 2.68. The predicted molar refractivity (Wildman–Crippen MR) is 74.5 cm³/mol. The second kappa shape index (κ2) is 6.66. The lowest BCUT2D eigenvalue weighted by atomic mass is 9.84. The molecule has 1 amide bonds. The monoisotopic (exact) mass is 264 g/mol. The van der Waals surface area contributed by atoms with E-state index in [4.69, 9.17) is 0 Å². The van der Waals surface area contributed by atoms with Crippen LogP contribution in [0, 0.1) is 11.7 Å². The van der Waals surface area contributed by atoms with E-state index in [1.54, 1.807) is 18.2 Å². The standard InChI is InChI=1S/C15H21FN2O/c1-17-12-8-6-11(7-9-12)10-15(19)18-14-5-3-2-4-13(14)16/h2-5,11-12,17H,6-10H2,1H3,(H,18,19). The van der Waals surface area contributed by atoms with Crippen molar-refractivity contribution in [1.82, 2.24) is 5.32 Å². The summed E-state index contributed by atoms with van der Waals surface area (Å²) in [6.07, 6.45) is 4.86. The zero-order chi connectivity index (χ0) is 13.7. The molecule has 2 rings (SSSR count). The molecule has 0 saturated heterocycles. The second-order valence-corrected chi connectivity index (χ2v) is 5.24. The zero-order valence-corrected chi connectivity index (χ0v) is 11.3. The first kappa shape index (κ1) is 14.0. The Labute approximate surface area is 113 Å². The molecule has 0 heterocycles. The van der Waals surface area contributed by atoms with Crippen molar-refractivity contribution in [1.29, 1.82) is 0 Å². The average molecular weight is 264 g/mol. The van der Waals surface area contributed by atoms with Crippen molar-refractivity contribution < 1.29 is 9.18 Å². The number of nitrogens with one attached hydrogen (secondary N) is 2. The van der Waals surface area contributed by atoms with Crippen LogP contribution < -0.4 is 10.6 Å². The van der Waals surface area contributed by atoms with Gasteiger partial charge in [-0.1, -0.05) is 12.1 Å². The average Bonchev–Trinajstić information content (AvgIpc) is 2.42. The maximum atomic E-state index is 13.4. The molecule has 2 N–H and O–H groups in total. The summed E-state index contributed by atoms with van der Waals surface area (Å²) in [5.74, 6) is -0.0378. The van der Waals surface area contributed by atoms with E-state index < -0.39 is 0 Å². The molecule has 19 heavy (non-hydrogen) atoms.